The summed E-state index contributed by atoms with van der Waals surface area (Å²) < 4.78 is 0. The summed E-state index contributed by atoms with van der Waals surface area (Å²) in [5.41, 5.74) is 1.61. The van der Waals surface area contributed by atoms with Gasteiger partial charge in [-0.2, -0.15) is 5.26 Å². The minimum Gasteiger partial charge on any atom is -0.370 e. The predicted molar refractivity (Wildman–Crippen MR) is 92.8 cm³/mol. The first kappa shape index (κ1) is 16.4. The number of nitrogens with zero attached hydrogens (tertiary/aromatic N) is 2. The molecule has 0 heterocycles. The van der Waals surface area contributed by atoms with Gasteiger partial charge in [0.15, 0.2) is 0 Å². The summed E-state index contributed by atoms with van der Waals surface area (Å²) in [5, 5.41) is 10.0. The van der Waals surface area contributed by atoms with Crippen LogP contribution in [-0.4, -0.2) is 18.4 Å². The first-order chi connectivity index (χ1) is 10.3. The Morgan fingerprint density at radius 1 is 1.10 bits per heavy atom. The van der Waals surface area contributed by atoms with Gasteiger partial charge >= 0.3 is 0 Å². The number of para-hydroxylation sites is 1. The van der Waals surface area contributed by atoms with Crippen LogP contribution in [0.25, 0.3) is 0 Å². The van der Waals surface area contributed by atoms with E-state index in [1.54, 1.807) is 0 Å². The van der Waals surface area contributed by atoms with Crippen LogP contribution in [-0.2, 0) is 0 Å². The number of hydrogen-bond donors (Lipinski definition) is 0. The van der Waals surface area contributed by atoms with Crippen molar-refractivity contribution in [3.05, 3.63) is 30.3 Å². The number of anilines is 1. The highest BCUT2D eigenvalue weighted by molar-refractivity contribution is 9.09. The molecule has 114 valence electrons. The van der Waals surface area contributed by atoms with Crippen molar-refractivity contribution in [1.82, 2.24) is 0 Å². The number of halogens is 1. The van der Waals surface area contributed by atoms with Gasteiger partial charge in [-0.3, -0.25) is 0 Å². The van der Waals surface area contributed by atoms with Crippen LogP contribution in [0.4, 0.5) is 5.69 Å². The fraction of sp³-hybridized carbons (Fsp3) is 0.611. The second-order valence-electron chi connectivity index (χ2n) is 6.21. The predicted octanol–water partition coefficient (Wildman–Crippen LogP) is 5.14. The zero-order valence-corrected chi connectivity index (χ0v) is 14.3. The lowest BCUT2D eigenvalue weighted by molar-refractivity contribution is 0.291. The molecular weight excluding hydrogens is 324 g/mol. The minimum atomic E-state index is 0.363. The summed E-state index contributed by atoms with van der Waals surface area (Å²) in [7, 11) is 0. The van der Waals surface area contributed by atoms with Crippen molar-refractivity contribution in [2.75, 3.05) is 23.3 Å². The van der Waals surface area contributed by atoms with E-state index in [4.69, 9.17) is 5.26 Å². The van der Waals surface area contributed by atoms with Crippen LogP contribution in [0.1, 0.15) is 44.9 Å². The van der Waals surface area contributed by atoms with Crippen LogP contribution >= 0.6 is 15.9 Å². The summed E-state index contributed by atoms with van der Waals surface area (Å²) >= 11 is 3.78. The summed E-state index contributed by atoms with van der Waals surface area (Å²) in [5.74, 6) is 0. The van der Waals surface area contributed by atoms with E-state index in [-0.39, 0.29) is 0 Å². The summed E-state index contributed by atoms with van der Waals surface area (Å²) in [6, 6.07) is 12.8. The van der Waals surface area contributed by atoms with Gasteiger partial charge in [-0.1, -0.05) is 59.8 Å². The molecule has 0 atom stereocenters. The van der Waals surface area contributed by atoms with E-state index >= 15 is 0 Å². The van der Waals surface area contributed by atoms with Crippen LogP contribution in [0.2, 0.25) is 0 Å². The van der Waals surface area contributed by atoms with Gasteiger partial charge in [0, 0.05) is 24.1 Å². The number of alkyl halides is 1. The summed E-state index contributed by atoms with van der Waals surface area (Å²) in [6.07, 6.45) is 8.62. The molecule has 0 radical (unpaired) electrons. The fourth-order valence-corrected chi connectivity index (χ4v) is 4.08. The molecule has 1 aromatic rings. The third-order valence-corrected chi connectivity index (χ3v) is 5.78. The standard InChI is InChI=1S/C18H25BrN2/c19-15-18(11-6-1-2-7-12-18)16-21(14-8-13-20)17-9-4-3-5-10-17/h3-5,9-10H,1-2,6-8,11-12,14-16H2. The summed E-state index contributed by atoms with van der Waals surface area (Å²) in [4.78, 5) is 2.41. The number of hydrogen-bond acceptors (Lipinski definition) is 2. The molecule has 1 saturated carbocycles. The van der Waals surface area contributed by atoms with Gasteiger partial charge in [-0.05, 0) is 30.4 Å². The second kappa shape index (κ2) is 8.44. The molecule has 0 saturated heterocycles. The summed E-state index contributed by atoms with van der Waals surface area (Å²) in [6.45, 7) is 1.89. The van der Waals surface area contributed by atoms with Crippen LogP contribution < -0.4 is 4.90 Å². The maximum Gasteiger partial charge on any atom is 0.0640 e. The van der Waals surface area contributed by atoms with E-state index < -0.39 is 0 Å². The number of nitriles is 1. The minimum absolute atomic E-state index is 0.363. The fourth-order valence-electron chi connectivity index (χ4n) is 3.34. The van der Waals surface area contributed by atoms with Crippen molar-refractivity contribution in [3.63, 3.8) is 0 Å². The van der Waals surface area contributed by atoms with Crippen molar-refractivity contribution in [2.24, 2.45) is 5.41 Å². The molecule has 3 heteroatoms. The Balaban J connectivity index is 2.14. The molecule has 21 heavy (non-hydrogen) atoms. The molecule has 1 aliphatic rings. The Bertz CT molecular complexity index is 444. The van der Waals surface area contributed by atoms with Crippen molar-refractivity contribution in [1.29, 1.82) is 5.26 Å². The average molecular weight is 349 g/mol. The SMILES string of the molecule is N#CCCN(CC1(CBr)CCCCCC1)c1ccccc1. The first-order valence-electron chi connectivity index (χ1n) is 8.03. The topological polar surface area (TPSA) is 27.0 Å². The van der Waals surface area contributed by atoms with E-state index in [2.05, 4.69) is 57.2 Å². The highest BCUT2D eigenvalue weighted by Gasteiger charge is 2.32. The lowest BCUT2D eigenvalue weighted by Gasteiger charge is -2.38. The van der Waals surface area contributed by atoms with E-state index in [9.17, 15) is 0 Å². The molecule has 0 unspecified atom stereocenters. The molecule has 1 aromatic carbocycles. The van der Waals surface area contributed by atoms with Crippen LogP contribution in [0.15, 0.2) is 30.3 Å². The van der Waals surface area contributed by atoms with Gasteiger partial charge in [0.1, 0.15) is 0 Å². The molecule has 0 bridgehead atoms. The van der Waals surface area contributed by atoms with Gasteiger partial charge in [0.2, 0.25) is 0 Å². The van der Waals surface area contributed by atoms with E-state index in [1.807, 2.05) is 0 Å². The first-order valence-corrected chi connectivity index (χ1v) is 9.15. The van der Waals surface area contributed by atoms with E-state index in [1.165, 1.54) is 44.2 Å². The van der Waals surface area contributed by atoms with Crippen molar-refractivity contribution < 1.29 is 0 Å². The molecule has 0 aliphatic heterocycles. The van der Waals surface area contributed by atoms with E-state index in [0.717, 1.165) is 18.4 Å². The van der Waals surface area contributed by atoms with Crippen molar-refractivity contribution in [3.8, 4) is 6.07 Å². The third kappa shape index (κ3) is 4.74. The number of rotatable bonds is 6. The average Bonchev–Trinajstić information content (AvgIpc) is 2.78. The Kier molecular flexibility index (Phi) is 6.57. The Hall–Kier alpha value is -1.01. The van der Waals surface area contributed by atoms with Gasteiger partial charge in [-0.25, -0.2) is 0 Å². The monoisotopic (exact) mass is 348 g/mol. The maximum absolute atomic E-state index is 8.95. The number of benzene rings is 1. The van der Waals surface area contributed by atoms with Crippen LogP contribution in [0.3, 0.4) is 0 Å². The van der Waals surface area contributed by atoms with Crippen molar-refractivity contribution in [2.45, 2.75) is 44.9 Å². The Morgan fingerprint density at radius 3 is 2.33 bits per heavy atom. The molecule has 0 N–H and O–H groups in total. The highest BCUT2D eigenvalue weighted by Crippen LogP contribution is 2.38. The zero-order chi connectivity index (χ0) is 15.0. The van der Waals surface area contributed by atoms with Crippen molar-refractivity contribution >= 4 is 21.6 Å². The second-order valence-corrected chi connectivity index (χ2v) is 6.77. The third-order valence-electron chi connectivity index (χ3n) is 4.59. The smallest absolute Gasteiger partial charge is 0.0640 e. The van der Waals surface area contributed by atoms with Gasteiger partial charge in [0.25, 0.3) is 0 Å². The Morgan fingerprint density at radius 2 is 1.76 bits per heavy atom. The van der Waals surface area contributed by atoms with E-state index in [0.29, 0.717) is 11.8 Å². The molecule has 0 spiro atoms. The lowest BCUT2D eigenvalue weighted by Crippen LogP contribution is -2.39. The molecular formula is C18H25BrN2. The zero-order valence-electron chi connectivity index (χ0n) is 12.7. The van der Waals surface area contributed by atoms with Gasteiger partial charge < -0.3 is 4.90 Å². The van der Waals surface area contributed by atoms with Gasteiger partial charge in [-0.15, -0.1) is 0 Å². The molecule has 0 amide bonds. The van der Waals surface area contributed by atoms with Gasteiger partial charge in [0.05, 0.1) is 12.5 Å². The molecule has 1 aliphatic carbocycles. The molecule has 2 rings (SSSR count). The molecule has 2 nitrogen and oxygen atoms in total. The lowest BCUT2D eigenvalue weighted by atomic mass is 9.81. The molecule has 1 fully saturated rings. The van der Waals surface area contributed by atoms with Crippen LogP contribution in [0, 0.1) is 16.7 Å². The largest absolute Gasteiger partial charge is 0.370 e. The Labute approximate surface area is 137 Å². The quantitative estimate of drug-likeness (QED) is 0.525. The maximum atomic E-state index is 8.95. The van der Waals surface area contributed by atoms with Crippen LogP contribution in [0.5, 0.6) is 0 Å². The normalized spacial score (nSPS) is 17.7. The highest BCUT2D eigenvalue weighted by atomic mass is 79.9. The molecule has 0 aromatic heterocycles.